The van der Waals surface area contributed by atoms with Crippen molar-refractivity contribution in [3.63, 3.8) is 0 Å². The van der Waals surface area contributed by atoms with Gasteiger partial charge in [0.2, 0.25) is 11.7 Å². The average molecular weight is 374 g/mol. The summed E-state index contributed by atoms with van der Waals surface area (Å²) >= 11 is 0. The van der Waals surface area contributed by atoms with E-state index in [1.807, 2.05) is 30.3 Å². The van der Waals surface area contributed by atoms with Crippen molar-refractivity contribution in [2.75, 3.05) is 6.54 Å². The fraction of sp³-hybridized carbons (Fsp3) is 0.238. The molecule has 7 nitrogen and oxygen atoms in total. The zero-order valence-electron chi connectivity index (χ0n) is 15.1. The number of nitrogens with zero attached hydrogens (tertiary/aromatic N) is 4. The highest BCUT2D eigenvalue weighted by Crippen LogP contribution is 2.32. The number of aromatic nitrogens is 3. The molecular formula is C21H18N4O3. The monoisotopic (exact) mass is 374 g/mol. The van der Waals surface area contributed by atoms with E-state index in [9.17, 15) is 4.79 Å². The molecule has 140 valence electrons. The molecule has 1 aliphatic rings. The number of benzene rings is 1. The summed E-state index contributed by atoms with van der Waals surface area (Å²) in [5.41, 5.74) is 1.92. The molecule has 0 N–H and O–H groups in total. The predicted molar refractivity (Wildman–Crippen MR) is 102 cm³/mol. The number of hydrogen-bond donors (Lipinski definition) is 0. The van der Waals surface area contributed by atoms with Gasteiger partial charge in [-0.25, -0.2) is 0 Å². The van der Waals surface area contributed by atoms with Gasteiger partial charge in [-0.15, -0.1) is 0 Å². The topological polar surface area (TPSA) is 85.3 Å². The van der Waals surface area contributed by atoms with Crippen molar-refractivity contribution >= 4 is 11.0 Å². The summed E-state index contributed by atoms with van der Waals surface area (Å²) in [4.78, 5) is 23.8. The number of pyridine rings is 1. The van der Waals surface area contributed by atoms with Gasteiger partial charge in [-0.1, -0.05) is 23.4 Å². The first-order valence-electron chi connectivity index (χ1n) is 9.28. The number of likely N-dealkylation sites (tertiary alicyclic amines) is 1. The van der Waals surface area contributed by atoms with Gasteiger partial charge in [-0.2, -0.15) is 4.98 Å². The summed E-state index contributed by atoms with van der Waals surface area (Å²) in [7, 11) is 0. The molecule has 3 aromatic heterocycles. The van der Waals surface area contributed by atoms with E-state index in [0.29, 0.717) is 40.5 Å². The summed E-state index contributed by atoms with van der Waals surface area (Å²) in [6, 6.07) is 12.9. The van der Waals surface area contributed by atoms with Crippen LogP contribution in [0.3, 0.4) is 0 Å². The van der Waals surface area contributed by atoms with Crippen LogP contribution in [-0.2, 0) is 6.54 Å². The Balaban J connectivity index is 1.42. The van der Waals surface area contributed by atoms with Crippen LogP contribution in [0.1, 0.15) is 30.3 Å². The smallest absolute Gasteiger partial charge is 0.244 e. The van der Waals surface area contributed by atoms with E-state index >= 15 is 0 Å². The molecule has 0 aliphatic carbocycles. The van der Waals surface area contributed by atoms with E-state index in [4.69, 9.17) is 8.94 Å². The predicted octanol–water partition coefficient (Wildman–Crippen LogP) is 3.58. The van der Waals surface area contributed by atoms with Gasteiger partial charge in [-0.3, -0.25) is 14.7 Å². The van der Waals surface area contributed by atoms with Crippen LogP contribution >= 0.6 is 0 Å². The summed E-state index contributed by atoms with van der Waals surface area (Å²) in [5, 5.41) is 4.68. The Morgan fingerprint density at radius 1 is 1.14 bits per heavy atom. The largest absolute Gasteiger partial charge is 0.464 e. The summed E-state index contributed by atoms with van der Waals surface area (Å²) < 4.78 is 11.2. The van der Waals surface area contributed by atoms with Crippen LogP contribution in [0.25, 0.3) is 22.5 Å². The Labute approximate surface area is 160 Å². The Hall–Kier alpha value is -3.32. The summed E-state index contributed by atoms with van der Waals surface area (Å²) in [6.07, 6.45) is 5.17. The molecule has 7 heteroatoms. The van der Waals surface area contributed by atoms with E-state index in [-0.39, 0.29) is 11.5 Å². The fourth-order valence-electron chi connectivity index (χ4n) is 3.71. The second-order valence-corrected chi connectivity index (χ2v) is 6.89. The van der Waals surface area contributed by atoms with Gasteiger partial charge in [0, 0.05) is 18.3 Å². The van der Waals surface area contributed by atoms with E-state index in [1.54, 1.807) is 24.6 Å². The van der Waals surface area contributed by atoms with Gasteiger partial charge in [0.25, 0.3) is 0 Å². The Morgan fingerprint density at radius 3 is 2.93 bits per heavy atom. The van der Waals surface area contributed by atoms with Crippen molar-refractivity contribution in [1.29, 1.82) is 0 Å². The molecule has 0 radical (unpaired) electrons. The molecule has 4 heterocycles. The Bertz CT molecular complexity index is 1170. The van der Waals surface area contributed by atoms with Crippen LogP contribution in [0, 0.1) is 0 Å². The van der Waals surface area contributed by atoms with Crippen molar-refractivity contribution in [3.05, 3.63) is 76.6 Å². The minimum Gasteiger partial charge on any atom is -0.464 e. The van der Waals surface area contributed by atoms with Crippen LogP contribution in [0.2, 0.25) is 0 Å². The van der Waals surface area contributed by atoms with Gasteiger partial charge in [-0.05, 0) is 43.7 Å². The van der Waals surface area contributed by atoms with Crippen LogP contribution in [-0.4, -0.2) is 26.6 Å². The first kappa shape index (κ1) is 16.8. The standard InChI is InChI=1S/C21H18N4O3/c26-19-14(13-27-18-9-2-1-6-15(18)19)12-25-11-5-8-17(25)21-23-20(24-28-21)16-7-3-4-10-22-16/h1-4,6-7,9-10,13,17H,5,8,11-12H2. The van der Waals surface area contributed by atoms with Gasteiger partial charge in [0.05, 0.1) is 17.7 Å². The highest BCUT2D eigenvalue weighted by Gasteiger charge is 2.31. The third kappa shape index (κ3) is 2.99. The molecule has 1 atom stereocenters. The number of para-hydroxylation sites is 1. The highest BCUT2D eigenvalue weighted by atomic mass is 16.5. The number of fused-ring (bicyclic) bond motifs is 1. The molecule has 1 aromatic carbocycles. The van der Waals surface area contributed by atoms with E-state index < -0.39 is 0 Å². The molecule has 1 unspecified atom stereocenters. The quantitative estimate of drug-likeness (QED) is 0.540. The van der Waals surface area contributed by atoms with E-state index in [2.05, 4.69) is 20.0 Å². The zero-order chi connectivity index (χ0) is 18.9. The molecule has 28 heavy (non-hydrogen) atoms. The molecule has 1 fully saturated rings. The van der Waals surface area contributed by atoms with Crippen LogP contribution in [0.4, 0.5) is 0 Å². The SMILES string of the molecule is O=c1c(CN2CCCC2c2nc(-c3ccccn3)no2)coc2ccccc12. The van der Waals surface area contributed by atoms with Crippen molar-refractivity contribution in [2.45, 2.75) is 25.4 Å². The number of rotatable bonds is 4. The highest BCUT2D eigenvalue weighted by molar-refractivity contribution is 5.76. The van der Waals surface area contributed by atoms with Crippen molar-refractivity contribution in [1.82, 2.24) is 20.0 Å². The fourth-order valence-corrected chi connectivity index (χ4v) is 3.71. The van der Waals surface area contributed by atoms with E-state index in [0.717, 1.165) is 19.4 Å². The van der Waals surface area contributed by atoms with Crippen LogP contribution in [0.5, 0.6) is 0 Å². The molecule has 0 amide bonds. The lowest BCUT2D eigenvalue weighted by molar-refractivity contribution is 0.199. The van der Waals surface area contributed by atoms with E-state index in [1.165, 1.54) is 0 Å². The third-order valence-electron chi connectivity index (χ3n) is 5.11. The van der Waals surface area contributed by atoms with Gasteiger partial charge >= 0.3 is 0 Å². The summed E-state index contributed by atoms with van der Waals surface area (Å²) in [5.74, 6) is 1.04. The average Bonchev–Trinajstić information content (AvgIpc) is 3.40. The van der Waals surface area contributed by atoms with Gasteiger partial charge in [0.1, 0.15) is 11.3 Å². The maximum atomic E-state index is 12.8. The van der Waals surface area contributed by atoms with Crippen molar-refractivity contribution < 1.29 is 8.94 Å². The molecule has 4 aromatic rings. The molecular weight excluding hydrogens is 356 g/mol. The minimum atomic E-state index is -0.0177. The normalized spacial score (nSPS) is 17.4. The molecule has 0 saturated carbocycles. The first-order chi connectivity index (χ1) is 13.8. The maximum absolute atomic E-state index is 12.8. The lowest BCUT2D eigenvalue weighted by atomic mass is 10.1. The first-order valence-corrected chi connectivity index (χ1v) is 9.28. The maximum Gasteiger partial charge on any atom is 0.244 e. The zero-order valence-corrected chi connectivity index (χ0v) is 15.1. The molecule has 1 saturated heterocycles. The second-order valence-electron chi connectivity index (χ2n) is 6.89. The Kier molecular flexibility index (Phi) is 4.21. The summed E-state index contributed by atoms with van der Waals surface area (Å²) in [6.45, 7) is 1.34. The minimum absolute atomic E-state index is 0.00667. The molecule has 0 spiro atoms. The van der Waals surface area contributed by atoms with Crippen LogP contribution in [0.15, 0.2) is 68.7 Å². The van der Waals surface area contributed by atoms with Crippen LogP contribution < -0.4 is 5.43 Å². The Morgan fingerprint density at radius 2 is 2.04 bits per heavy atom. The second kappa shape index (κ2) is 7.01. The lowest BCUT2D eigenvalue weighted by Crippen LogP contribution is -2.26. The van der Waals surface area contributed by atoms with Gasteiger partial charge < -0.3 is 8.94 Å². The number of hydrogen-bond acceptors (Lipinski definition) is 7. The van der Waals surface area contributed by atoms with Gasteiger partial charge in [0.15, 0.2) is 5.43 Å². The molecule has 5 rings (SSSR count). The van der Waals surface area contributed by atoms with Crippen molar-refractivity contribution in [2.24, 2.45) is 0 Å². The van der Waals surface area contributed by atoms with Crippen molar-refractivity contribution in [3.8, 4) is 11.5 Å². The molecule has 0 bridgehead atoms. The lowest BCUT2D eigenvalue weighted by Gasteiger charge is -2.20. The third-order valence-corrected chi connectivity index (χ3v) is 5.11. The molecule has 1 aliphatic heterocycles.